The second kappa shape index (κ2) is 10.9. The van der Waals surface area contributed by atoms with Gasteiger partial charge in [0.25, 0.3) is 5.91 Å². The Hall–Kier alpha value is -3.46. The summed E-state index contributed by atoms with van der Waals surface area (Å²) in [6, 6.07) is 11.0. The number of esters is 2. The van der Waals surface area contributed by atoms with Gasteiger partial charge in [0.05, 0.1) is 30.1 Å². The first-order valence-corrected chi connectivity index (χ1v) is 12.5. The van der Waals surface area contributed by atoms with Gasteiger partial charge in [-0.2, -0.15) is 5.10 Å². The molecule has 1 aliphatic rings. The molecule has 3 aromatic rings. The monoisotopic (exact) mass is 495 g/mol. The van der Waals surface area contributed by atoms with Gasteiger partial charge in [0.15, 0.2) is 6.61 Å². The summed E-state index contributed by atoms with van der Waals surface area (Å²) in [5.74, 6) is -0.971. The van der Waals surface area contributed by atoms with Crippen LogP contribution in [0.4, 0.5) is 0 Å². The Kier molecular flexibility index (Phi) is 7.65. The molecule has 2 aromatic heterocycles. The minimum absolute atomic E-state index is 0.0683. The highest BCUT2D eigenvalue weighted by Gasteiger charge is 2.31. The molecule has 0 bridgehead atoms. The largest absolute Gasteiger partial charge is 0.469 e. The van der Waals surface area contributed by atoms with Gasteiger partial charge in [0.2, 0.25) is 0 Å². The molecule has 9 heteroatoms. The van der Waals surface area contributed by atoms with Crippen molar-refractivity contribution in [2.45, 2.75) is 45.6 Å². The number of ether oxygens (including phenoxy) is 2. The van der Waals surface area contributed by atoms with Crippen molar-refractivity contribution in [1.29, 1.82) is 0 Å². The molecule has 1 saturated heterocycles. The number of carbonyl (C=O) groups is 3. The summed E-state index contributed by atoms with van der Waals surface area (Å²) in [6.07, 6.45) is 2.71. The maximum atomic E-state index is 12.7. The van der Waals surface area contributed by atoms with E-state index in [1.54, 1.807) is 40.3 Å². The van der Waals surface area contributed by atoms with Gasteiger partial charge in [-0.3, -0.25) is 9.59 Å². The molecule has 1 amide bonds. The van der Waals surface area contributed by atoms with Crippen LogP contribution in [0, 0.1) is 13.8 Å². The molecule has 35 heavy (non-hydrogen) atoms. The molecule has 0 N–H and O–H groups in total. The van der Waals surface area contributed by atoms with Crippen LogP contribution in [0.1, 0.15) is 57.5 Å². The van der Waals surface area contributed by atoms with Gasteiger partial charge in [-0.05, 0) is 74.4 Å². The fourth-order valence-corrected chi connectivity index (χ4v) is 5.37. The standard InChI is InChI=1S/C26H29N3O5S/c1-17-21(12-13-25(31)33-3)18(2)29(27-17)20-10-8-19(9-11-20)26(32)34-16-24(30)28-14-4-6-22(28)23-7-5-15-35-23/h5,7-11,15,22H,4,6,12-14,16H2,1-3H3. The lowest BCUT2D eigenvalue weighted by Crippen LogP contribution is -2.34. The fourth-order valence-electron chi connectivity index (χ4n) is 4.49. The average Bonchev–Trinajstić information content (AvgIpc) is 3.62. The van der Waals surface area contributed by atoms with Crippen LogP contribution < -0.4 is 0 Å². The highest BCUT2D eigenvalue weighted by Crippen LogP contribution is 2.34. The van der Waals surface area contributed by atoms with Crippen molar-refractivity contribution in [3.05, 3.63) is 69.2 Å². The van der Waals surface area contributed by atoms with Crippen LogP contribution >= 0.6 is 11.3 Å². The predicted molar refractivity (Wildman–Crippen MR) is 132 cm³/mol. The highest BCUT2D eigenvalue weighted by molar-refractivity contribution is 7.10. The third-order valence-electron chi connectivity index (χ3n) is 6.37. The van der Waals surface area contributed by atoms with Gasteiger partial charge in [-0.25, -0.2) is 9.48 Å². The average molecular weight is 496 g/mol. The summed E-state index contributed by atoms with van der Waals surface area (Å²) >= 11 is 1.64. The van der Waals surface area contributed by atoms with Crippen molar-refractivity contribution in [3.8, 4) is 5.69 Å². The number of hydrogen-bond acceptors (Lipinski definition) is 7. The fraction of sp³-hybridized carbons (Fsp3) is 0.385. The zero-order valence-electron chi connectivity index (χ0n) is 20.2. The molecule has 8 nitrogen and oxygen atoms in total. The second-order valence-electron chi connectivity index (χ2n) is 8.52. The molecule has 1 unspecified atom stereocenters. The first-order valence-electron chi connectivity index (χ1n) is 11.6. The Bertz CT molecular complexity index is 1200. The molecule has 3 heterocycles. The van der Waals surface area contributed by atoms with Crippen molar-refractivity contribution in [2.75, 3.05) is 20.3 Å². The van der Waals surface area contributed by atoms with Crippen LogP contribution in [-0.2, 0) is 25.5 Å². The Balaban J connectivity index is 1.37. The Morgan fingerprint density at radius 1 is 1.14 bits per heavy atom. The number of aromatic nitrogens is 2. The van der Waals surface area contributed by atoms with Crippen LogP contribution in [0.3, 0.4) is 0 Å². The summed E-state index contributed by atoms with van der Waals surface area (Å²) in [6.45, 7) is 4.26. The van der Waals surface area contributed by atoms with Crippen molar-refractivity contribution < 1.29 is 23.9 Å². The molecule has 0 spiro atoms. The molecule has 0 radical (unpaired) electrons. The third-order valence-corrected chi connectivity index (χ3v) is 7.34. The van der Waals surface area contributed by atoms with Gasteiger partial charge >= 0.3 is 11.9 Å². The van der Waals surface area contributed by atoms with E-state index in [4.69, 9.17) is 9.47 Å². The molecular formula is C26H29N3O5S. The van der Waals surface area contributed by atoms with E-state index in [9.17, 15) is 14.4 Å². The molecular weight excluding hydrogens is 466 g/mol. The van der Waals surface area contributed by atoms with Crippen LogP contribution in [-0.4, -0.2) is 52.8 Å². The molecule has 1 aliphatic heterocycles. The van der Waals surface area contributed by atoms with Gasteiger partial charge in [0, 0.05) is 23.5 Å². The number of thiophene rings is 1. The predicted octanol–water partition coefficient (Wildman–Crippen LogP) is 4.18. The smallest absolute Gasteiger partial charge is 0.338 e. The van der Waals surface area contributed by atoms with E-state index in [-0.39, 0.29) is 24.5 Å². The zero-order chi connectivity index (χ0) is 24.9. The number of rotatable bonds is 8. The molecule has 4 rings (SSSR count). The number of likely N-dealkylation sites (tertiary alicyclic amines) is 1. The van der Waals surface area contributed by atoms with E-state index in [1.165, 1.54) is 7.11 Å². The van der Waals surface area contributed by atoms with E-state index < -0.39 is 5.97 Å². The van der Waals surface area contributed by atoms with E-state index >= 15 is 0 Å². The number of carbonyl (C=O) groups excluding carboxylic acids is 3. The van der Waals surface area contributed by atoms with Crippen LogP contribution in [0.25, 0.3) is 5.69 Å². The quantitative estimate of drug-likeness (QED) is 0.436. The maximum Gasteiger partial charge on any atom is 0.338 e. The van der Waals surface area contributed by atoms with Gasteiger partial charge in [-0.15, -0.1) is 11.3 Å². The zero-order valence-corrected chi connectivity index (χ0v) is 21.0. The molecule has 0 aliphatic carbocycles. The number of methoxy groups -OCH3 is 1. The summed E-state index contributed by atoms with van der Waals surface area (Å²) in [4.78, 5) is 39.8. The van der Waals surface area contributed by atoms with Crippen LogP contribution in [0.15, 0.2) is 41.8 Å². The molecule has 1 atom stereocenters. The number of amides is 1. The van der Waals surface area contributed by atoms with Crippen molar-refractivity contribution in [2.24, 2.45) is 0 Å². The van der Waals surface area contributed by atoms with E-state index in [0.717, 1.165) is 40.4 Å². The third kappa shape index (κ3) is 5.45. The number of aryl methyl sites for hydroxylation is 1. The summed E-state index contributed by atoms with van der Waals surface area (Å²) in [7, 11) is 1.38. The Morgan fingerprint density at radius 2 is 1.91 bits per heavy atom. The van der Waals surface area contributed by atoms with Crippen molar-refractivity contribution in [3.63, 3.8) is 0 Å². The first-order chi connectivity index (χ1) is 16.9. The second-order valence-corrected chi connectivity index (χ2v) is 9.50. The van der Waals surface area contributed by atoms with Gasteiger partial charge in [0.1, 0.15) is 0 Å². The lowest BCUT2D eigenvalue weighted by Gasteiger charge is -2.23. The maximum absolute atomic E-state index is 12.7. The van der Waals surface area contributed by atoms with E-state index in [0.29, 0.717) is 24.9 Å². The van der Waals surface area contributed by atoms with Gasteiger partial charge < -0.3 is 14.4 Å². The van der Waals surface area contributed by atoms with E-state index in [2.05, 4.69) is 5.10 Å². The van der Waals surface area contributed by atoms with Crippen LogP contribution in [0.2, 0.25) is 0 Å². The van der Waals surface area contributed by atoms with Crippen molar-refractivity contribution >= 4 is 29.2 Å². The Morgan fingerprint density at radius 3 is 2.60 bits per heavy atom. The summed E-state index contributed by atoms with van der Waals surface area (Å²) < 4.78 is 11.9. The van der Waals surface area contributed by atoms with Gasteiger partial charge in [-0.1, -0.05) is 6.07 Å². The summed E-state index contributed by atoms with van der Waals surface area (Å²) in [5, 5.41) is 6.60. The number of benzene rings is 1. The topological polar surface area (TPSA) is 90.7 Å². The molecule has 0 saturated carbocycles. The van der Waals surface area contributed by atoms with E-state index in [1.807, 2.05) is 36.3 Å². The van der Waals surface area contributed by atoms with Crippen molar-refractivity contribution in [1.82, 2.24) is 14.7 Å². The normalized spacial score (nSPS) is 15.3. The SMILES string of the molecule is COC(=O)CCc1c(C)nn(-c2ccc(C(=O)OCC(=O)N3CCCC3c3cccs3)cc2)c1C. The minimum Gasteiger partial charge on any atom is -0.469 e. The minimum atomic E-state index is -0.538. The lowest BCUT2D eigenvalue weighted by molar-refractivity contribution is -0.140. The lowest BCUT2D eigenvalue weighted by atomic mass is 10.1. The molecule has 1 fully saturated rings. The summed E-state index contributed by atoms with van der Waals surface area (Å²) in [5.41, 5.74) is 3.93. The number of nitrogens with zero attached hydrogens (tertiary/aromatic N) is 3. The molecule has 184 valence electrons. The highest BCUT2D eigenvalue weighted by atomic mass is 32.1. The Labute approximate surface area is 208 Å². The first kappa shape index (κ1) is 24.7. The number of hydrogen-bond donors (Lipinski definition) is 0. The molecule has 1 aromatic carbocycles. The van der Waals surface area contributed by atoms with Crippen LogP contribution in [0.5, 0.6) is 0 Å².